The van der Waals surface area contributed by atoms with Crippen LogP contribution in [0.5, 0.6) is 11.5 Å². The van der Waals surface area contributed by atoms with Crippen LogP contribution in [0.3, 0.4) is 0 Å². The molecular formula is C30H34O14. The fourth-order valence-corrected chi connectivity index (χ4v) is 3.85. The van der Waals surface area contributed by atoms with Crippen molar-refractivity contribution < 1.29 is 66.7 Å². The van der Waals surface area contributed by atoms with Gasteiger partial charge in [-0.1, -0.05) is 0 Å². The predicted octanol–water partition coefficient (Wildman–Crippen LogP) is 2.44. The van der Waals surface area contributed by atoms with Crippen LogP contribution in [0.25, 0.3) is 0 Å². The molecule has 14 nitrogen and oxygen atoms in total. The van der Waals surface area contributed by atoms with Gasteiger partial charge in [0.05, 0.1) is 25.3 Å². The second kappa shape index (κ2) is 17.1. The second-order valence-corrected chi connectivity index (χ2v) is 9.10. The van der Waals surface area contributed by atoms with Crippen molar-refractivity contribution in [1.82, 2.24) is 0 Å². The molecule has 0 aromatic heterocycles. The number of ether oxygens (including phenoxy) is 8. The quantitative estimate of drug-likeness (QED) is 0.210. The van der Waals surface area contributed by atoms with Gasteiger partial charge in [-0.2, -0.15) is 0 Å². The van der Waals surface area contributed by atoms with E-state index in [0.29, 0.717) is 11.5 Å². The van der Waals surface area contributed by atoms with Gasteiger partial charge < -0.3 is 37.9 Å². The molecule has 0 bridgehead atoms. The number of benzene rings is 2. The molecule has 0 amide bonds. The fourth-order valence-electron chi connectivity index (χ4n) is 3.85. The van der Waals surface area contributed by atoms with Crippen LogP contribution in [0.4, 0.5) is 0 Å². The first-order chi connectivity index (χ1) is 20.8. The van der Waals surface area contributed by atoms with Gasteiger partial charge in [0.1, 0.15) is 24.7 Å². The Bertz CT molecular complexity index is 1200. The van der Waals surface area contributed by atoms with E-state index in [-0.39, 0.29) is 11.1 Å². The van der Waals surface area contributed by atoms with E-state index in [1.807, 2.05) is 0 Å². The van der Waals surface area contributed by atoms with Crippen molar-refractivity contribution in [2.75, 3.05) is 27.4 Å². The number of hydrogen-bond acceptors (Lipinski definition) is 14. The Balaban J connectivity index is 2.40. The molecule has 0 aliphatic heterocycles. The molecule has 0 fully saturated rings. The molecule has 4 unspecified atom stereocenters. The molecule has 0 spiro atoms. The smallest absolute Gasteiger partial charge is 0.338 e. The van der Waals surface area contributed by atoms with E-state index in [1.54, 1.807) is 0 Å². The zero-order chi connectivity index (χ0) is 32.8. The number of carbonyl (C=O) groups excluding carboxylic acids is 6. The Morgan fingerprint density at radius 2 is 0.795 bits per heavy atom. The minimum atomic E-state index is -1.70. The van der Waals surface area contributed by atoms with E-state index >= 15 is 0 Å². The highest BCUT2D eigenvalue weighted by molar-refractivity contribution is 5.90. The van der Waals surface area contributed by atoms with Crippen molar-refractivity contribution in [2.45, 2.75) is 52.1 Å². The highest BCUT2D eigenvalue weighted by Gasteiger charge is 2.44. The van der Waals surface area contributed by atoms with Crippen molar-refractivity contribution in [1.29, 1.82) is 0 Å². The predicted molar refractivity (Wildman–Crippen MR) is 149 cm³/mol. The second-order valence-electron chi connectivity index (χ2n) is 9.10. The maximum atomic E-state index is 12.7. The Hall–Kier alpha value is -5.14. The summed E-state index contributed by atoms with van der Waals surface area (Å²) >= 11 is 0. The summed E-state index contributed by atoms with van der Waals surface area (Å²) in [6.07, 6.45) is -6.54. The minimum Gasteiger partial charge on any atom is -0.497 e. The Morgan fingerprint density at radius 3 is 1.05 bits per heavy atom. The lowest BCUT2D eigenvalue weighted by Gasteiger charge is -2.35. The third kappa shape index (κ3) is 11.3. The molecular weight excluding hydrogens is 584 g/mol. The first-order valence-electron chi connectivity index (χ1n) is 13.2. The highest BCUT2D eigenvalue weighted by Crippen LogP contribution is 2.22. The van der Waals surface area contributed by atoms with Crippen LogP contribution in [0, 0.1) is 0 Å². The average Bonchev–Trinajstić information content (AvgIpc) is 2.98. The molecule has 0 N–H and O–H groups in total. The molecule has 0 aliphatic rings. The lowest BCUT2D eigenvalue weighted by molar-refractivity contribution is -0.203. The maximum Gasteiger partial charge on any atom is 0.338 e. The van der Waals surface area contributed by atoms with Crippen LogP contribution < -0.4 is 9.47 Å². The van der Waals surface area contributed by atoms with E-state index in [1.165, 1.54) is 62.8 Å². The molecule has 0 radical (unpaired) electrons. The Labute approximate surface area is 253 Å². The van der Waals surface area contributed by atoms with E-state index in [4.69, 9.17) is 37.9 Å². The van der Waals surface area contributed by atoms with E-state index in [9.17, 15) is 28.8 Å². The average molecular weight is 619 g/mol. The maximum absolute atomic E-state index is 12.7. The molecule has 14 heteroatoms. The number of hydrogen-bond donors (Lipinski definition) is 0. The van der Waals surface area contributed by atoms with E-state index in [0.717, 1.165) is 27.7 Å². The summed E-state index contributed by atoms with van der Waals surface area (Å²) in [5.74, 6) is -4.26. The van der Waals surface area contributed by atoms with Crippen LogP contribution in [0.1, 0.15) is 48.4 Å². The van der Waals surface area contributed by atoms with Crippen LogP contribution >= 0.6 is 0 Å². The Morgan fingerprint density at radius 1 is 0.500 bits per heavy atom. The van der Waals surface area contributed by atoms with Crippen LogP contribution in [0.15, 0.2) is 48.5 Å². The molecule has 2 aromatic rings. The van der Waals surface area contributed by atoms with Crippen molar-refractivity contribution in [2.24, 2.45) is 0 Å². The zero-order valence-electron chi connectivity index (χ0n) is 25.1. The molecule has 0 aliphatic carbocycles. The standard InChI is InChI=1S/C30H34O14/c1-17(31)41-25(15-39-29(35)21-7-11-23(37-5)12-8-21)27(43-19(3)33)28(44-20(4)34)26(42-18(2)32)16-40-30(36)22-9-13-24(38-6)14-10-22/h7-14,25-28H,15-16H2,1-6H3. The van der Waals surface area contributed by atoms with Gasteiger partial charge in [-0.15, -0.1) is 0 Å². The van der Waals surface area contributed by atoms with Gasteiger partial charge in [0.15, 0.2) is 24.4 Å². The van der Waals surface area contributed by atoms with Crippen molar-refractivity contribution >= 4 is 35.8 Å². The zero-order valence-corrected chi connectivity index (χ0v) is 25.1. The largest absolute Gasteiger partial charge is 0.497 e. The molecule has 2 aromatic carbocycles. The SMILES string of the molecule is COc1ccc(C(=O)OCC(OC(C)=O)C(OC(C)=O)C(OC(C)=O)C(COC(=O)c2ccc(OC)cc2)OC(C)=O)cc1. The Kier molecular flexibility index (Phi) is 13.6. The van der Waals surface area contributed by atoms with E-state index in [2.05, 4.69) is 0 Å². The van der Waals surface area contributed by atoms with Crippen LogP contribution in [-0.2, 0) is 47.6 Å². The monoisotopic (exact) mass is 618 g/mol. The highest BCUT2D eigenvalue weighted by atomic mass is 16.6. The molecule has 238 valence electrons. The first kappa shape index (κ1) is 35.1. The minimum absolute atomic E-state index is 0.121. The van der Waals surface area contributed by atoms with Crippen LogP contribution in [-0.4, -0.2) is 87.7 Å². The fraction of sp³-hybridized carbons (Fsp3) is 0.400. The number of rotatable bonds is 15. The summed E-state index contributed by atoms with van der Waals surface area (Å²) in [5.41, 5.74) is 0.243. The van der Waals surface area contributed by atoms with Gasteiger partial charge in [-0.05, 0) is 48.5 Å². The van der Waals surface area contributed by atoms with Gasteiger partial charge in [0.2, 0.25) is 0 Å². The summed E-state index contributed by atoms with van der Waals surface area (Å²) in [5, 5.41) is 0. The molecule has 0 saturated carbocycles. The molecule has 4 atom stereocenters. The normalized spacial score (nSPS) is 13.1. The summed E-state index contributed by atoms with van der Waals surface area (Å²) in [6, 6.07) is 11.8. The number of carbonyl (C=O) groups is 6. The van der Waals surface area contributed by atoms with Crippen molar-refractivity contribution in [3.05, 3.63) is 59.7 Å². The van der Waals surface area contributed by atoms with Crippen LogP contribution in [0.2, 0.25) is 0 Å². The molecule has 0 heterocycles. The summed E-state index contributed by atoms with van der Waals surface area (Å²) in [4.78, 5) is 73.9. The lowest BCUT2D eigenvalue weighted by Crippen LogP contribution is -2.54. The summed E-state index contributed by atoms with van der Waals surface area (Å²) < 4.78 is 42.1. The number of methoxy groups -OCH3 is 2. The molecule has 0 saturated heterocycles. The summed E-state index contributed by atoms with van der Waals surface area (Å²) in [6.45, 7) is 2.78. The first-order valence-corrected chi connectivity index (χ1v) is 13.2. The van der Waals surface area contributed by atoms with Crippen molar-refractivity contribution in [3.63, 3.8) is 0 Å². The van der Waals surface area contributed by atoms with Crippen molar-refractivity contribution in [3.8, 4) is 11.5 Å². The third-order valence-corrected chi connectivity index (χ3v) is 5.70. The number of esters is 6. The topological polar surface area (TPSA) is 176 Å². The van der Waals surface area contributed by atoms with Gasteiger partial charge in [-0.25, -0.2) is 9.59 Å². The third-order valence-electron chi connectivity index (χ3n) is 5.70. The van der Waals surface area contributed by atoms with Gasteiger partial charge >= 0.3 is 35.8 Å². The van der Waals surface area contributed by atoms with Gasteiger partial charge in [0.25, 0.3) is 0 Å². The van der Waals surface area contributed by atoms with Gasteiger partial charge in [0, 0.05) is 27.7 Å². The molecule has 44 heavy (non-hydrogen) atoms. The van der Waals surface area contributed by atoms with E-state index < -0.39 is 73.4 Å². The molecule has 2 rings (SSSR count). The summed E-state index contributed by atoms with van der Waals surface area (Å²) in [7, 11) is 2.91. The lowest BCUT2D eigenvalue weighted by atomic mass is 10.0. The van der Waals surface area contributed by atoms with Gasteiger partial charge in [-0.3, -0.25) is 19.2 Å².